The first-order valence-electron chi connectivity index (χ1n) is 12.8. The molecule has 12 heteroatoms. The van der Waals surface area contributed by atoms with E-state index in [9.17, 15) is 14.4 Å². The molecule has 0 saturated carbocycles. The standard InChI is InChI=1S/C26H38N8O4/c1-7-10-33-23-19(28-26(33)29-25(37)20-13-17(3)30-34(20)8-2)14-18(24(27)36)15-21(23)38-12-9-11-32(6)22(35)16-31(4)5/h13-15H,7-12,16H2,1-6H3,(H2,27,36)(H,28,29,37). The Morgan fingerprint density at radius 2 is 1.87 bits per heavy atom. The molecule has 0 bridgehead atoms. The number of aryl methyl sites for hydroxylation is 3. The predicted octanol–water partition coefficient (Wildman–Crippen LogP) is 2.11. The van der Waals surface area contributed by atoms with E-state index in [4.69, 9.17) is 10.5 Å². The number of ether oxygens (including phenoxy) is 1. The van der Waals surface area contributed by atoms with Crippen molar-refractivity contribution < 1.29 is 19.1 Å². The van der Waals surface area contributed by atoms with Crippen molar-refractivity contribution in [2.75, 3.05) is 46.2 Å². The average Bonchev–Trinajstić information content (AvgIpc) is 3.41. The number of anilines is 1. The second-order valence-electron chi connectivity index (χ2n) is 9.49. The van der Waals surface area contributed by atoms with Crippen molar-refractivity contribution in [1.29, 1.82) is 0 Å². The van der Waals surface area contributed by atoms with E-state index < -0.39 is 5.91 Å². The fourth-order valence-corrected chi connectivity index (χ4v) is 4.15. The average molecular weight is 527 g/mol. The van der Waals surface area contributed by atoms with E-state index in [2.05, 4.69) is 15.4 Å². The molecule has 12 nitrogen and oxygen atoms in total. The zero-order chi connectivity index (χ0) is 28.0. The molecule has 0 radical (unpaired) electrons. The van der Waals surface area contributed by atoms with E-state index in [0.717, 1.165) is 12.1 Å². The number of aromatic nitrogens is 4. The molecule has 0 spiro atoms. The van der Waals surface area contributed by atoms with Crippen LogP contribution >= 0.6 is 0 Å². The minimum atomic E-state index is -0.608. The highest BCUT2D eigenvalue weighted by molar-refractivity contribution is 6.04. The fourth-order valence-electron chi connectivity index (χ4n) is 4.15. The van der Waals surface area contributed by atoms with Gasteiger partial charge >= 0.3 is 0 Å². The summed E-state index contributed by atoms with van der Waals surface area (Å²) in [5.41, 5.74) is 8.15. The van der Waals surface area contributed by atoms with Gasteiger partial charge in [-0.3, -0.25) is 24.4 Å². The number of imidazole rings is 1. The molecule has 3 rings (SSSR count). The van der Waals surface area contributed by atoms with Crippen LogP contribution in [0.15, 0.2) is 18.2 Å². The molecule has 0 aliphatic carbocycles. The van der Waals surface area contributed by atoms with Gasteiger partial charge in [0.15, 0.2) is 0 Å². The number of hydrogen-bond acceptors (Lipinski definition) is 7. The van der Waals surface area contributed by atoms with Crippen LogP contribution in [-0.4, -0.2) is 87.7 Å². The smallest absolute Gasteiger partial charge is 0.276 e. The van der Waals surface area contributed by atoms with Gasteiger partial charge in [-0.05, 0) is 59.0 Å². The van der Waals surface area contributed by atoms with E-state index in [-0.39, 0.29) is 17.4 Å². The number of nitrogens with zero attached hydrogens (tertiary/aromatic N) is 6. The van der Waals surface area contributed by atoms with Crippen LogP contribution in [0.5, 0.6) is 5.75 Å². The molecule has 0 fully saturated rings. The first kappa shape index (κ1) is 28.6. The molecule has 0 saturated heterocycles. The van der Waals surface area contributed by atoms with E-state index in [1.807, 2.05) is 44.3 Å². The van der Waals surface area contributed by atoms with Crippen molar-refractivity contribution >= 4 is 34.7 Å². The third-order valence-corrected chi connectivity index (χ3v) is 5.97. The number of benzene rings is 1. The number of primary amides is 1. The Hall–Kier alpha value is -3.93. The van der Waals surface area contributed by atoms with Crippen molar-refractivity contribution in [1.82, 2.24) is 29.1 Å². The highest BCUT2D eigenvalue weighted by atomic mass is 16.5. The summed E-state index contributed by atoms with van der Waals surface area (Å²) in [6, 6.07) is 4.92. The lowest BCUT2D eigenvalue weighted by Crippen LogP contribution is -2.36. The van der Waals surface area contributed by atoms with Crippen LogP contribution in [0.25, 0.3) is 11.0 Å². The third-order valence-electron chi connectivity index (χ3n) is 5.97. The van der Waals surface area contributed by atoms with Crippen LogP contribution in [0.3, 0.4) is 0 Å². The zero-order valence-corrected chi connectivity index (χ0v) is 23.1. The van der Waals surface area contributed by atoms with E-state index in [0.29, 0.717) is 67.6 Å². The number of rotatable bonds is 13. The van der Waals surface area contributed by atoms with Crippen molar-refractivity contribution in [3.8, 4) is 5.75 Å². The lowest BCUT2D eigenvalue weighted by Gasteiger charge is -2.19. The quantitative estimate of drug-likeness (QED) is 0.325. The first-order valence-corrected chi connectivity index (χ1v) is 12.8. The number of hydrogen-bond donors (Lipinski definition) is 2. The summed E-state index contributed by atoms with van der Waals surface area (Å²) >= 11 is 0. The number of carbonyl (C=O) groups excluding carboxylic acids is 3. The second kappa shape index (κ2) is 12.5. The van der Waals surface area contributed by atoms with Crippen molar-refractivity contribution in [3.05, 3.63) is 35.2 Å². The highest BCUT2D eigenvalue weighted by Gasteiger charge is 2.21. The number of carbonyl (C=O) groups is 3. The van der Waals surface area contributed by atoms with E-state index in [1.54, 1.807) is 34.8 Å². The SMILES string of the molecule is CCCn1c(NC(=O)c2cc(C)nn2CC)nc2cc(C(N)=O)cc(OCCCN(C)C(=O)CN(C)C)c21. The Morgan fingerprint density at radius 3 is 2.50 bits per heavy atom. The Kier molecular flexibility index (Phi) is 9.45. The number of nitrogens with two attached hydrogens (primary N) is 1. The molecular formula is C26H38N8O4. The first-order chi connectivity index (χ1) is 18.0. The molecule has 2 heterocycles. The van der Waals surface area contributed by atoms with Gasteiger partial charge in [0.05, 0.1) is 24.4 Å². The normalized spacial score (nSPS) is 11.2. The van der Waals surface area contributed by atoms with Gasteiger partial charge in [0.2, 0.25) is 17.8 Å². The number of likely N-dealkylation sites (N-methyl/N-ethyl adjacent to an activating group) is 2. The van der Waals surface area contributed by atoms with Gasteiger partial charge in [0.25, 0.3) is 5.91 Å². The molecule has 206 valence electrons. The van der Waals surface area contributed by atoms with Crippen LogP contribution in [0.1, 0.15) is 53.2 Å². The summed E-state index contributed by atoms with van der Waals surface area (Å²) in [4.78, 5) is 45.5. The molecule has 2 aromatic heterocycles. The predicted molar refractivity (Wildman–Crippen MR) is 145 cm³/mol. The topological polar surface area (TPSA) is 141 Å². The molecular weight excluding hydrogens is 488 g/mol. The van der Waals surface area contributed by atoms with Crippen LogP contribution in [0.2, 0.25) is 0 Å². The van der Waals surface area contributed by atoms with Gasteiger partial charge in [-0.25, -0.2) is 4.98 Å². The van der Waals surface area contributed by atoms with Crippen LogP contribution < -0.4 is 15.8 Å². The van der Waals surface area contributed by atoms with E-state index >= 15 is 0 Å². The monoisotopic (exact) mass is 526 g/mol. The van der Waals surface area contributed by atoms with Gasteiger partial charge in [0, 0.05) is 32.2 Å². The molecule has 3 aromatic rings. The third kappa shape index (κ3) is 6.68. The Morgan fingerprint density at radius 1 is 1.13 bits per heavy atom. The summed E-state index contributed by atoms with van der Waals surface area (Å²) in [7, 11) is 5.46. The lowest BCUT2D eigenvalue weighted by molar-refractivity contribution is -0.130. The minimum Gasteiger partial charge on any atom is -0.491 e. The molecule has 38 heavy (non-hydrogen) atoms. The largest absolute Gasteiger partial charge is 0.491 e. The Balaban J connectivity index is 1.89. The molecule has 0 aliphatic heterocycles. The number of amides is 3. The van der Waals surface area contributed by atoms with Crippen LogP contribution in [0, 0.1) is 6.92 Å². The Bertz CT molecular complexity index is 1310. The van der Waals surface area contributed by atoms with Gasteiger partial charge in [-0.1, -0.05) is 6.92 Å². The molecule has 0 aliphatic rings. The van der Waals surface area contributed by atoms with Gasteiger partial charge < -0.3 is 24.8 Å². The lowest BCUT2D eigenvalue weighted by atomic mass is 10.1. The molecule has 3 N–H and O–H groups in total. The second-order valence-corrected chi connectivity index (χ2v) is 9.49. The number of fused-ring (bicyclic) bond motifs is 1. The fraction of sp³-hybridized carbons (Fsp3) is 0.500. The Labute approximate surface area is 222 Å². The maximum absolute atomic E-state index is 13.1. The number of nitrogens with one attached hydrogen (secondary N) is 1. The summed E-state index contributed by atoms with van der Waals surface area (Å²) in [6.45, 7) is 8.05. The summed E-state index contributed by atoms with van der Waals surface area (Å²) in [6.07, 6.45) is 1.36. The van der Waals surface area contributed by atoms with Crippen molar-refractivity contribution in [3.63, 3.8) is 0 Å². The summed E-state index contributed by atoms with van der Waals surface area (Å²) in [5.74, 6) is -0.135. The van der Waals surface area contributed by atoms with Crippen molar-refractivity contribution in [2.24, 2.45) is 5.73 Å². The van der Waals surface area contributed by atoms with Crippen molar-refractivity contribution in [2.45, 2.75) is 46.7 Å². The minimum absolute atomic E-state index is 0.0223. The molecule has 1 aromatic carbocycles. The van der Waals surface area contributed by atoms with Gasteiger partial charge in [0.1, 0.15) is 17.0 Å². The zero-order valence-electron chi connectivity index (χ0n) is 23.1. The summed E-state index contributed by atoms with van der Waals surface area (Å²) in [5, 5.41) is 7.26. The molecule has 0 atom stereocenters. The van der Waals surface area contributed by atoms with Gasteiger partial charge in [-0.15, -0.1) is 0 Å². The maximum Gasteiger partial charge on any atom is 0.276 e. The molecule has 3 amide bonds. The summed E-state index contributed by atoms with van der Waals surface area (Å²) < 4.78 is 9.62. The van der Waals surface area contributed by atoms with Crippen LogP contribution in [0.4, 0.5) is 5.95 Å². The van der Waals surface area contributed by atoms with Gasteiger partial charge in [-0.2, -0.15) is 5.10 Å². The van der Waals surface area contributed by atoms with E-state index in [1.165, 1.54) is 0 Å². The van der Waals surface area contributed by atoms with Crippen LogP contribution in [-0.2, 0) is 17.9 Å². The molecule has 0 unspecified atom stereocenters. The maximum atomic E-state index is 13.1. The highest BCUT2D eigenvalue weighted by Crippen LogP contribution is 2.31.